The molecule has 0 heterocycles. The Hall–Kier alpha value is -0.870. The number of hydrogen-bond acceptors (Lipinski definition) is 2. The third-order valence-electron chi connectivity index (χ3n) is 1.80. The number of nitrogens with two attached hydrogens (primary N) is 1. The number of hydrogen-bond donors (Lipinski definition) is 2. The summed E-state index contributed by atoms with van der Waals surface area (Å²) in [5.74, 6) is -3.23. The Balaban J connectivity index is 2.87. The minimum atomic E-state index is -2.99. The molecule has 0 aliphatic carbocycles. The quantitative estimate of drug-likeness (QED) is 0.822. The van der Waals surface area contributed by atoms with Crippen LogP contribution in [0.25, 0.3) is 0 Å². The number of phenols is 1. The minimum Gasteiger partial charge on any atom is -0.508 e. The van der Waals surface area contributed by atoms with Crippen molar-refractivity contribution in [2.75, 3.05) is 6.54 Å². The number of aromatic hydroxyl groups is 1. The molecule has 0 saturated carbocycles. The fourth-order valence-electron chi connectivity index (χ4n) is 1.04. The van der Waals surface area contributed by atoms with Crippen molar-refractivity contribution >= 4 is 11.6 Å². The molecule has 0 saturated heterocycles. The van der Waals surface area contributed by atoms with Crippen LogP contribution in [0.15, 0.2) is 18.2 Å². The first-order valence-electron chi connectivity index (χ1n) is 4.00. The van der Waals surface area contributed by atoms with Crippen LogP contribution in [0, 0.1) is 0 Å². The molecule has 1 aromatic carbocycles. The summed E-state index contributed by atoms with van der Waals surface area (Å²) in [5.41, 5.74) is 5.02. The van der Waals surface area contributed by atoms with E-state index >= 15 is 0 Å². The van der Waals surface area contributed by atoms with Gasteiger partial charge in [0.05, 0.1) is 6.54 Å². The Morgan fingerprint density at radius 1 is 1.43 bits per heavy atom. The second kappa shape index (κ2) is 4.11. The van der Waals surface area contributed by atoms with Gasteiger partial charge in [-0.2, -0.15) is 0 Å². The van der Waals surface area contributed by atoms with Crippen molar-refractivity contribution in [2.45, 2.75) is 12.3 Å². The molecule has 0 atom stereocenters. The van der Waals surface area contributed by atoms with Crippen molar-refractivity contribution in [3.63, 3.8) is 0 Å². The molecule has 3 N–H and O–H groups in total. The van der Waals surface area contributed by atoms with Crippen LogP contribution < -0.4 is 5.73 Å². The molecule has 0 fully saturated rings. The predicted octanol–water partition coefficient (Wildman–Crippen LogP) is 2.18. The molecular formula is C9H10ClF2NO. The van der Waals surface area contributed by atoms with E-state index in [2.05, 4.69) is 0 Å². The van der Waals surface area contributed by atoms with Crippen molar-refractivity contribution in [1.29, 1.82) is 0 Å². The number of rotatable bonds is 3. The van der Waals surface area contributed by atoms with Crippen LogP contribution in [0.1, 0.15) is 5.56 Å². The van der Waals surface area contributed by atoms with Crippen molar-refractivity contribution < 1.29 is 13.9 Å². The lowest BCUT2D eigenvalue weighted by molar-refractivity contribution is 0.0109. The number of halogens is 3. The molecular weight excluding hydrogens is 212 g/mol. The zero-order valence-corrected chi connectivity index (χ0v) is 8.06. The van der Waals surface area contributed by atoms with Gasteiger partial charge in [0.2, 0.25) is 0 Å². The van der Waals surface area contributed by atoms with Gasteiger partial charge < -0.3 is 10.8 Å². The van der Waals surface area contributed by atoms with E-state index in [9.17, 15) is 13.9 Å². The van der Waals surface area contributed by atoms with E-state index in [0.29, 0.717) is 5.02 Å². The summed E-state index contributed by atoms with van der Waals surface area (Å²) in [6.07, 6.45) is -0.577. The molecule has 1 rings (SSSR count). The second-order valence-electron chi connectivity index (χ2n) is 3.01. The normalized spacial score (nSPS) is 11.7. The van der Waals surface area contributed by atoms with Gasteiger partial charge in [0, 0.05) is 11.4 Å². The fourth-order valence-corrected chi connectivity index (χ4v) is 1.20. The summed E-state index contributed by atoms with van der Waals surface area (Å²) >= 11 is 5.55. The molecule has 0 radical (unpaired) electrons. The molecule has 0 amide bonds. The first-order chi connectivity index (χ1) is 6.44. The summed E-state index contributed by atoms with van der Waals surface area (Å²) in [4.78, 5) is 0. The molecule has 0 spiro atoms. The molecule has 5 heteroatoms. The average Bonchev–Trinajstić information content (AvgIpc) is 2.10. The van der Waals surface area contributed by atoms with E-state index in [0.717, 1.165) is 0 Å². The highest BCUT2D eigenvalue weighted by Crippen LogP contribution is 2.27. The molecule has 2 nitrogen and oxygen atoms in total. The summed E-state index contributed by atoms with van der Waals surface area (Å²) < 4.78 is 25.7. The maximum absolute atomic E-state index is 12.9. The predicted molar refractivity (Wildman–Crippen MR) is 50.8 cm³/mol. The standard InChI is InChI=1S/C9H10ClF2NO/c10-7-2-1-6(8(14)3-7)4-9(11,12)5-13/h1-3,14H,4-5,13H2. The van der Waals surface area contributed by atoms with Gasteiger partial charge in [-0.15, -0.1) is 0 Å². The summed E-state index contributed by atoms with van der Waals surface area (Å²) in [5, 5.41) is 9.60. The van der Waals surface area contributed by atoms with Crippen LogP contribution in [-0.2, 0) is 6.42 Å². The second-order valence-corrected chi connectivity index (χ2v) is 3.45. The van der Waals surface area contributed by atoms with Crippen LogP contribution in [0.5, 0.6) is 5.75 Å². The van der Waals surface area contributed by atoms with E-state index < -0.39 is 18.9 Å². The van der Waals surface area contributed by atoms with E-state index in [4.69, 9.17) is 17.3 Å². The highest BCUT2D eigenvalue weighted by Gasteiger charge is 2.28. The Bertz CT molecular complexity index is 331. The third-order valence-corrected chi connectivity index (χ3v) is 2.03. The maximum atomic E-state index is 12.9. The van der Waals surface area contributed by atoms with E-state index in [1.807, 2.05) is 0 Å². The van der Waals surface area contributed by atoms with Gasteiger partial charge in [0.15, 0.2) is 0 Å². The van der Waals surface area contributed by atoms with Crippen molar-refractivity contribution in [3.8, 4) is 5.75 Å². The molecule has 0 aliphatic rings. The maximum Gasteiger partial charge on any atom is 0.264 e. The van der Waals surface area contributed by atoms with Gasteiger partial charge >= 0.3 is 0 Å². The molecule has 0 bridgehead atoms. The number of phenolic OH excluding ortho intramolecular Hbond substituents is 1. The van der Waals surface area contributed by atoms with Crippen LogP contribution in [0.3, 0.4) is 0 Å². The molecule has 0 aromatic heterocycles. The Kier molecular flexibility index (Phi) is 3.29. The minimum absolute atomic E-state index is 0.143. The summed E-state index contributed by atoms with van der Waals surface area (Å²) in [7, 11) is 0. The van der Waals surface area contributed by atoms with E-state index in [-0.39, 0.29) is 11.3 Å². The smallest absolute Gasteiger partial charge is 0.264 e. The van der Waals surface area contributed by atoms with Gasteiger partial charge in [-0.05, 0) is 17.7 Å². The van der Waals surface area contributed by atoms with E-state index in [1.165, 1.54) is 18.2 Å². The lowest BCUT2D eigenvalue weighted by Gasteiger charge is -2.14. The Morgan fingerprint density at radius 3 is 2.57 bits per heavy atom. The van der Waals surface area contributed by atoms with Crippen LogP contribution in [0.4, 0.5) is 8.78 Å². The van der Waals surface area contributed by atoms with Gasteiger partial charge in [0.25, 0.3) is 5.92 Å². The zero-order valence-electron chi connectivity index (χ0n) is 7.30. The molecule has 14 heavy (non-hydrogen) atoms. The first-order valence-corrected chi connectivity index (χ1v) is 4.38. The lowest BCUT2D eigenvalue weighted by Crippen LogP contribution is -2.30. The number of benzene rings is 1. The average molecular weight is 222 g/mol. The van der Waals surface area contributed by atoms with Crippen LogP contribution in [-0.4, -0.2) is 17.6 Å². The van der Waals surface area contributed by atoms with Crippen molar-refractivity contribution in [1.82, 2.24) is 0 Å². The molecule has 78 valence electrons. The third kappa shape index (κ3) is 2.82. The van der Waals surface area contributed by atoms with Crippen molar-refractivity contribution in [2.24, 2.45) is 5.73 Å². The SMILES string of the molecule is NCC(F)(F)Cc1ccc(Cl)cc1O. The van der Waals surface area contributed by atoms with Crippen molar-refractivity contribution in [3.05, 3.63) is 28.8 Å². The van der Waals surface area contributed by atoms with Gasteiger partial charge in [0.1, 0.15) is 5.75 Å². The fraction of sp³-hybridized carbons (Fsp3) is 0.333. The highest BCUT2D eigenvalue weighted by molar-refractivity contribution is 6.30. The lowest BCUT2D eigenvalue weighted by atomic mass is 10.1. The largest absolute Gasteiger partial charge is 0.508 e. The van der Waals surface area contributed by atoms with Gasteiger partial charge in [-0.1, -0.05) is 17.7 Å². The molecule has 1 aromatic rings. The molecule has 0 aliphatic heterocycles. The Labute approximate surface area is 85.3 Å². The Morgan fingerprint density at radius 2 is 2.07 bits per heavy atom. The highest BCUT2D eigenvalue weighted by atomic mass is 35.5. The summed E-state index contributed by atoms with van der Waals surface area (Å²) in [6, 6.07) is 4.04. The molecule has 0 unspecified atom stereocenters. The first kappa shape index (κ1) is 11.2. The topological polar surface area (TPSA) is 46.2 Å². The van der Waals surface area contributed by atoms with Gasteiger partial charge in [-0.3, -0.25) is 0 Å². The van der Waals surface area contributed by atoms with Crippen LogP contribution in [0.2, 0.25) is 5.02 Å². The van der Waals surface area contributed by atoms with Crippen LogP contribution >= 0.6 is 11.6 Å². The monoisotopic (exact) mass is 221 g/mol. The van der Waals surface area contributed by atoms with E-state index in [1.54, 1.807) is 0 Å². The summed E-state index contributed by atoms with van der Waals surface area (Å²) in [6.45, 7) is -0.741. The zero-order chi connectivity index (χ0) is 10.8. The van der Waals surface area contributed by atoms with Gasteiger partial charge in [-0.25, -0.2) is 8.78 Å². The number of alkyl halides is 2.